The second-order valence-corrected chi connectivity index (χ2v) is 5.44. The summed E-state index contributed by atoms with van der Waals surface area (Å²) in [6.07, 6.45) is 0. The number of fused-ring (bicyclic) bond motifs is 1. The van der Waals surface area contributed by atoms with E-state index in [1.807, 2.05) is 18.2 Å². The number of nitrogens with zero attached hydrogens (tertiary/aromatic N) is 1. The summed E-state index contributed by atoms with van der Waals surface area (Å²) >= 11 is 1.47. The molecule has 1 atom stereocenters. The molecule has 0 fully saturated rings. The monoisotopic (exact) mass is 272 g/mol. The first-order valence-corrected chi connectivity index (χ1v) is 6.91. The van der Waals surface area contributed by atoms with Gasteiger partial charge in [0.2, 0.25) is 0 Å². The number of hydrogen-bond donors (Lipinski definition) is 1. The Labute approximate surface area is 114 Å². The predicted molar refractivity (Wildman–Crippen MR) is 78.1 cm³/mol. The summed E-state index contributed by atoms with van der Waals surface area (Å²) in [6, 6.07) is 15.0. The van der Waals surface area contributed by atoms with Crippen LogP contribution in [0, 0.1) is 5.82 Å². The highest BCUT2D eigenvalue weighted by Crippen LogP contribution is 2.29. The summed E-state index contributed by atoms with van der Waals surface area (Å²) in [5, 5.41) is 4.17. The fourth-order valence-corrected chi connectivity index (χ4v) is 2.95. The van der Waals surface area contributed by atoms with Crippen molar-refractivity contribution in [2.75, 3.05) is 5.32 Å². The second kappa shape index (κ2) is 4.97. The average molecular weight is 272 g/mol. The van der Waals surface area contributed by atoms with Gasteiger partial charge >= 0.3 is 0 Å². The molecule has 4 heteroatoms. The molecule has 0 saturated carbocycles. The van der Waals surface area contributed by atoms with Gasteiger partial charge in [-0.25, -0.2) is 9.37 Å². The molecule has 0 bridgehead atoms. The van der Waals surface area contributed by atoms with Gasteiger partial charge in [-0.15, -0.1) is 0 Å². The minimum atomic E-state index is -0.223. The molecule has 96 valence electrons. The number of anilines is 1. The van der Waals surface area contributed by atoms with Crippen LogP contribution < -0.4 is 5.32 Å². The van der Waals surface area contributed by atoms with E-state index in [2.05, 4.69) is 29.4 Å². The van der Waals surface area contributed by atoms with Crippen molar-refractivity contribution < 1.29 is 4.39 Å². The van der Waals surface area contributed by atoms with Gasteiger partial charge in [0.1, 0.15) is 5.82 Å². The molecule has 19 heavy (non-hydrogen) atoms. The smallest absolute Gasteiger partial charge is 0.184 e. The Morgan fingerprint density at radius 3 is 2.74 bits per heavy atom. The Kier molecular flexibility index (Phi) is 3.17. The largest absolute Gasteiger partial charge is 0.355 e. The third-order valence-corrected chi connectivity index (χ3v) is 3.94. The van der Waals surface area contributed by atoms with E-state index in [-0.39, 0.29) is 11.9 Å². The van der Waals surface area contributed by atoms with Gasteiger partial charge in [0.05, 0.1) is 16.3 Å². The lowest BCUT2D eigenvalue weighted by molar-refractivity contribution is 0.630. The zero-order valence-electron chi connectivity index (χ0n) is 10.4. The summed E-state index contributed by atoms with van der Waals surface area (Å²) in [7, 11) is 0. The van der Waals surface area contributed by atoms with E-state index in [0.29, 0.717) is 0 Å². The number of halogens is 1. The second-order valence-electron chi connectivity index (χ2n) is 4.41. The van der Waals surface area contributed by atoms with Crippen LogP contribution in [0.4, 0.5) is 9.52 Å². The Bertz CT molecular complexity index is 694. The number of nitrogens with one attached hydrogen (secondary N) is 1. The highest BCUT2D eigenvalue weighted by atomic mass is 32.1. The summed E-state index contributed by atoms with van der Waals surface area (Å²) in [4.78, 5) is 4.46. The lowest BCUT2D eigenvalue weighted by Crippen LogP contribution is -2.05. The first-order valence-electron chi connectivity index (χ1n) is 6.10. The van der Waals surface area contributed by atoms with Gasteiger partial charge in [-0.1, -0.05) is 41.7 Å². The van der Waals surface area contributed by atoms with Gasteiger partial charge in [-0.2, -0.15) is 0 Å². The quantitative estimate of drug-likeness (QED) is 0.753. The van der Waals surface area contributed by atoms with Crippen LogP contribution >= 0.6 is 11.3 Å². The van der Waals surface area contributed by atoms with Crippen molar-refractivity contribution >= 4 is 26.7 Å². The van der Waals surface area contributed by atoms with Crippen molar-refractivity contribution in [1.82, 2.24) is 4.98 Å². The summed E-state index contributed by atoms with van der Waals surface area (Å²) in [5.74, 6) is -0.223. The van der Waals surface area contributed by atoms with Gasteiger partial charge in [-0.3, -0.25) is 0 Å². The summed E-state index contributed by atoms with van der Waals surface area (Å²) in [5.41, 5.74) is 2.03. The van der Waals surface area contributed by atoms with Crippen molar-refractivity contribution in [1.29, 1.82) is 0 Å². The predicted octanol–water partition coefficient (Wildman–Crippen LogP) is 4.61. The van der Waals surface area contributed by atoms with E-state index in [9.17, 15) is 4.39 Å². The minimum absolute atomic E-state index is 0.173. The van der Waals surface area contributed by atoms with Crippen molar-refractivity contribution in [3.8, 4) is 0 Å². The third-order valence-electron chi connectivity index (χ3n) is 2.99. The Morgan fingerprint density at radius 1 is 1.16 bits per heavy atom. The third kappa shape index (κ3) is 2.58. The van der Waals surface area contributed by atoms with Gasteiger partial charge in [0.25, 0.3) is 0 Å². The molecule has 0 aliphatic carbocycles. The number of thiazole rings is 1. The summed E-state index contributed by atoms with van der Waals surface area (Å²) < 4.78 is 14.0. The highest BCUT2D eigenvalue weighted by molar-refractivity contribution is 7.22. The molecule has 3 aromatic rings. The van der Waals surface area contributed by atoms with E-state index in [1.54, 1.807) is 6.07 Å². The maximum atomic E-state index is 13.1. The number of benzene rings is 2. The molecule has 3 rings (SSSR count). The van der Waals surface area contributed by atoms with Crippen LogP contribution in [0.25, 0.3) is 10.2 Å². The van der Waals surface area contributed by atoms with Crippen molar-refractivity contribution in [2.45, 2.75) is 13.0 Å². The maximum absolute atomic E-state index is 13.1. The van der Waals surface area contributed by atoms with Crippen molar-refractivity contribution in [3.63, 3.8) is 0 Å². The van der Waals surface area contributed by atoms with Crippen molar-refractivity contribution in [2.24, 2.45) is 0 Å². The molecule has 0 saturated heterocycles. The number of hydrogen-bond acceptors (Lipinski definition) is 3. The van der Waals surface area contributed by atoms with Crippen LogP contribution in [0.2, 0.25) is 0 Å². The molecule has 0 amide bonds. The van der Waals surface area contributed by atoms with Crippen LogP contribution in [0.1, 0.15) is 18.5 Å². The van der Waals surface area contributed by atoms with E-state index in [4.69, 9.17) is 0 Å². The van der Waals surface area contributed by atoms with E-state index >= 15 is 0 Å². The van der Waals surface area contributed by atoms with Crippen LogP contribution in [-0.4, -0.2) is 4.98 Å². The molecule has 1 heterocycles. The lowest BCUT2D eigenvalue weighted by Gasteiger charge is -2.12. The molecule has 0 aliphatic rings. The molecule has 0 aliphatic heterocycles. The number of aromatic nitrogens is 1. The minimum Gasteiger partial charge on any atom is -0.355 e. The van der Waals surface area contributed by atoms with Gasteiger partial charge in [-0.05, 0) is 30.7 Å². The molecule has 1 aromatic heterocycles. The average Bonchev–Trinajstić information content (AvgIpc) is 2.81. The Morgan fingerprint density at radius 2 is 1.95 bits per heavy atom. The number of rotatable bonds is 3. The van der Waals surface area contributed by atoms with Gasteiger partial charge < -0.3 is 5.32 Å². The van der Waals surface area contributed by atoms with Crippen LogP contribution in [0.5, 0.6) is 0 Å². The first-order chi connectivity index (χ1) is 9.22. The molecule has 2 aromatic carbocycles. The van der Waals surface area contributed by atoms with E-state index in [1.165, 1.54) is 29.0 Å². The topological polar surface area (TPSA) is 24.9 Å². The first kappa shape index (κ1) is 12.1. The van der Waals surface area contributed by atoms with E-state index < -0.39 is 0 Å². The fourth-order valence-electron chi connectivity index (χ4n) is 1.97. The summed E-state index contributed by atoms with van der Waals surface area (Å²) in [6.45, 7) is 2.09. The molecule has 1 N–H and O–H groups in total. The molecular formula is C15H13FN2S. The highest BCUT2D eigenvalue weighted by Gasteiger charge is 2.09. The zero-order chi connectivity index (χ0) is 13.2. The van der Waals surface area contributed by atoms with Crippen LogP contribution in [-0.2, 0) is 0 Å². The molecule has 1 unspecified atom stereocenters. The molecule has 0 radical (unpaired) electrons. The molecule has 2 nitrogen and oxygen atoms in total. The van der Waals surface area contributed by atoms with Gasteiger partial charge in [0, 0.05) is 0 Å². The maximum Gasteiger partial charge on any atom is 0.184 e. The zero-order valence-corrected chi connectivity index (χ0v) is 11.2. The Balaban J connectivity index is 1.85. The van der Waals surface area contributed by atoms with Gasteiger partial charge in [0.15, 0.2) is 5.13 Å². The standard InChI is InChI=1S/C15H13FN2S/c1-10(11-5-3-2-4-6-11)17-15-18-13-8-7-12(16)9-14(13)19-15/h2-10H,1H3,(H,17,18). The van der Waals surface area contributed by atoms with Crippen molar-refractivity contribution in [3.05, 3.63) is 59.9 Å². The molecular weight excluding hydrogens is 259 g/mol. The Hall–Kier alpha value is -1.94. The van der Waals surface area contributed by atoms with E-state index in [0.717, 1.165) is 15.3 Å². The SMILES string of the molecule is CC(Nc1nc2ccc(F)cc2s1)c1ccccc1. The normalized spacial score (nSPS) is 12.5. The lowest BCUT2D eigenvalue weighted by atomic mass is 10.1. The van der Waals surface area contributed by atoms with Crippen LogP contribution in [0.3, 0.4) is 0 Å². The fraction of sp³-hybridized carbons (Fsp3) is 0.133. The van der Waals surface area contributed by atoms with Crippen LogP contribution in [0.15, 0.2) is 48.5 Å². The molecule has 0 spiro atoms.